The lowest BCUT2D eigenvalue weighted by atomic mass is 9.77. The van der Waals surface area contributed by atoms with Crippen LogP contribution in [0.1, 0.15) is 25.0 Å². The third-order valence-corrected chi connectivity index (χ3v) is 4.95. The molecule has 1 aromatic heterocycles. The van der Waals surface area contributed by atoms with E-state index in [4.69, 9.17) is 4.74 Å². The predicted molar refractivity (Wildman–Crippen MR) is 82.7 cm³/mol. The Morgan fingerprint density at radius 2 is 2.48 bits per heavy atom. The van der Waals surface area contributed by atoms with E-state index >= 15 is 0 Å². The molecule has 2 heterocycles. The first-order valence-corrected chi connectivity index (χ1v) is 8.04. The first-order valence-electron chi connectivity index (χ1n) is 7.16. The monoisotopic (exact) mass is 313 g/mol. The molecular formula is C14H23N3O3S. The van der Waals surface area contributed by atoms with Crippen LogP contribution in [0.3, 0.4) is 0 Å². The number of hydrogen-bond acceptors (Lipinski definition) is 6. The standard InChI is InChI=1S/C14H23N3O3S/c1-15-13-16-11(9-21-13)8-17-6-3-4-14(10-17,12(18)19)5-7-20-2/h9H,3-8,10H2,1-2H3,(H,15,16)(H,18,19). The molecule has 0 bridgehead atoms. The van der Waals surface area contributed by atoms with E-state index in [1.54, 1.807) is 18.4 Å². The van der Waals surface area contributed by atoms with Crippen LogP contribution < -0.4 is 5.32 Å². The summed E-state index contributed by atoms with van der Waals surface area (Å²) in [5.74, 6) is -0.710. The number of nitrogens with one attached hydrogen (secondary N) is 1. The van der Waals surface area contributed by atoms with E-state index in [-0.39, 0.29) is 0 Å². The molecule has 1 aliphatic heterocycles. The van der Waals surface area contributed by atoms with Gasteiger partial charge in [0.05, 0.1) is 11.1 Å². The maximum Gasteiger partial charge on any atom is 0.311 e. The summed E-state index contributed by atoms with van der Waals surface area (Å²) in [6.45, 7) is 2.69. The SMILES string of the molecule is CNc1nc(CN2CCCC(CCOC)(C(=O)O)C2)cs1. The van der Waals surface area contributed by atoms with Crippen LogP contribution in [0.25, 0.3) is 0 Å². The van der Waals surface area contributed by atoms with Crippen molar-refractivity contribution in [2.24, 2.45) is 5.41 Å². The molecule has 1 saturated heterocycles. The van der Waals surface area contributed by atoms with Crippen LogP contribution in [0.4, 0.5) is 5.13 Å². The minimum atomic E-state index is -0.710. The Morgan fingerprint density at radius 1 is 1.67 bits per heavy atom. The zero-order chi connectivity index (χ0) is 15.3. The molecule has 7 heteroatoms. The molecular weight excluding hydrogens is 290 g/mol. The van der Waals surface area contributed by atoms with Crippen LogP contribution in [-0.2, 0) is 16.1 Å². The fraction of sp³-hybridized carbons (Fsp3) is 0.714. The summed E-state index contributed by atoms with van der Waals surface area (Å²) in [4.78, 5) is 18.4. The number of carboxylic acids is 1. The molecule has 0 aliphatic carbocycles. The number of aliphatic carboxylic acids is 1. The maximum absolute atomic E-state index is 11.7. The number of rotatable bonds is 7. The molecule has 0 saturated carbocycles. The highest BCUT2D eigenvalue weighted by atomic mass is 32.1. The number of anilines is 1. The first-order chi connectivity index (χ1) is 10.1. The van der Waals surface area contributed by atoms with Crippen LogP contribution in [0, 0.1) is 5.41 Å². The highest BCUT2D eigenvalue weighted by molar-refractivity contribution is 7.13. The fourth-order valence-electron chi connectivity index (χ4n) is 2.87. The number of hydrogen-bond donors (Lipinski definition) is 2. The van der Waals surface area contributed by atoms with Crippen LogP contribution in [0.15, 0.2) is 5.38 Å². The number of carboxylic acid groups (broad SMARTS) is 1. The van der Waals surface area contributed by atoms with E-state index in [1.165, 1.54) is 0 Å². The van der Waals surface area contributed by atoms with E-state index in [9.17, 15) is 9.90 Å². The lowest BCUT2D eigenvalue weighted by Gasteiger charge is -2.39. The maximum atomic E-state index is 11.7. The summed E-state index contributed by atoms with van der Waals surface area (Å²) in [5, 5.41) is 15.6. The lowest BCUT2D eigenvalue weighted by Crippen LogP contribution is -2.48. The second-order valence-corrected chi connectivity index (χ2v) is 6.39. The third-order valence-electron chi connectivity index (χ3n) is 4.05. The summed E-state index contributed by atoms with van der Waals surface area (Å²) < 4.78 is 5.09. The van der Waals surface area contributed by atoms with Gasteiger partial charge in [-0.3, -0.25) is 9.69 Å². The minimum absolute atomic E-state index is 0.487. The van der Waals surface area contributed by atoms with E-state index in [1.807, 2.05) is 12.4 Å². The number of aromatic nitrogens is 1. The van der Waals surface area contributed by atoms with E-state index in [2.05, 4.69) is 15.2 Å². The van der Waals surface area contributed by atoms with Crippen LogP contribution in [0.5, 0.6) is 0 Å². The molecule has 0 amide bonds. The van der Waals surface area contributed by atoms with Gasteiger partial charge in [-0.25, -0.2) is 4.98 Å². The fourth-order valence-corrected chi connectivity index (χ4v) is 3.53. The number of carbonyl (C=O) groups is 1. The Balaban J connectivity index is 2.02. The zero-order valence-electron chi connectivity index (χ0n) is 12.6. The van der Waals surface area contributed by atoms with Gasteiger partial charge in [0.15, 0.2) is 5.13 Å². The summed E-state index contributed by atoms with van der Waals surface area (Å²) in [6.07, 6.45) is 2.19. The Morgan fingerprint density at radius 3 is 3.10 bits per heavy atom. The van der Waals surface area contributed by atoms with E-state index in [0.29, 0.717) is 26.1 Å². The Hall–Kier alpha value is -1.18. The van der Waals surface area contributed by atoms with Crippen molar-refractivity contribution >= 4 is 22.4 Å². The average molecular weight is 313 g/mol. The van der Waals surface area contributed by atoms with Crippen LogP contribution in [0.2, 0.25) is 0 Å². The van der Waals surface area contributed by atoms with Gasteiger partial charge < -0.3 is 15.2 Å². The minimum Gasteiger partial charge on any atom is -0.481 e. The third kappa shape index (κ3) is 3.93. The number of methoxy groups -OCH3 is 1. The summed E-state index contributed by atoms with van der Waals surface area (Å²) in [7, 11) is 3.47. The van der Waals surface area contributed by atoms with Crippen LogP contribution >= 0.6 is 11.3 Å². The number of thiazole rings is 1. The van der Waals surface area contributed by atoms with Gasteiger partial charge in [0.1, 0.15) is 0 Å². The van der Waals surface area contributed by atoms with Gasteiger partial charge in [-0.2, -0.15) is 0 Å². The number of nitrogens with zero attached hydrogens (tertiary/aromatic N) is 2. The van der Waals surface area contributed by atoms with Crippen molar-refractivity contribution < 1.29 is 14.6 Å². The molecule has 6 nitrogen and oxygen atoms in total. The van der Waals surface area contributed by atoms with Crippen LogP contribution in [-0.4, -0.2) is 54.8 Å². The summed E-state index contributed by atoms with van der Waals surface area (Å²) in [6, 6.07) is 0. The van der Waals surface area contributed by atoms with Gasteiger partial charge in [0, 0.05) is 39.2 Å². The van der Waals surface area contributed by atoms with E-state index in [0.717, 1.165) is 30.2 Å². The van der Waals surface area contributed by atoms with Crippen molar-refractivity contribution in [2.75, 3.05) is 39.2 Å². The molecule has 118 valence electrons. The second-order valence-electron chi connectivity index (χ2n) is 5.54. The quantitative estimate of drug-likeness (QED) is 0.801. The molecule has 2 N–H and O–H groups in total. The molecule has 2 rings (SSSR count). The van der Waals surface area contributed by atoms with Crippen molar-refractivity contribution in [1.82, 2.24) is 9.88 Å². The second kappa shape index (κ2) is 7.20. The molecule has 1 fully saturated rings. The zero-order valence-corrected chi connectivity index (χ0v) is 13.4. The molecule has 1 aliphatic rings. The summed E-state index contributed by atoms with van der Waals surface area (Å²) in [5.41, 5.74) is 0.313. The van der Waals surface area contributed by atoms with Gasteiger partial charge in [0.25, 0.3) is 0 Å². The molecule has 21 heavy (non-hydrogen) atoms. The van der Waals surface area contributed by atoms with Crippen molar-refractivity contribution in [1.29, 1.82) is 0 Å². The van der Waals surface area contributed by atoms with Gasteiger partial charge in [0.2, 0.25) is 0 Å². The van der Waals surface area contributed by atoms with Gasteiger partial charge in [-0.15, -0.1) is 11.3 Å². The molecule has 0 aromatic carbocycles. The van der Waals surface area contributed by atoms with Crippen molar-refractivity contribution in [3.63, 3.8) is 0 Å². The number of piperidine rings is 1. The van der Waals surface area contributed by atoms with Gasteiger partial charge >= 0.3 is 5.97 Å². The van der Waals surface area contributed by atoms with Crippen molar-refractivity contribution in [3.05, 3.63) is 11.1 Å². The van der Waals surface area contributed by atoms with Gasteiger partial charge in [-0.05, 0) is 25.8 Å². The Bertz CT molecular complexity index is 480. The number of ether oxygens (including phenoxy) is 1. The molecule has 0 spiro atoms. The van der Waals surface area contributed by atoms with E-state index < -0.39 is 11.4 Å². The Kier molecular flexibility index (Phi) is 5.55. The smallest absolute Gasteiger partial charge is 0.311 e. The largest absolute Gasteiger partial charge is 0.481 e. The highest BCUT2D eigenvalue weighted by Gasteiger charge is 2.42. The number of likely N-dealkylation sites (tertiary alicyclic amines) is 1. The molecule has 1 unspecified atom stereocenters. The lowest BCUT2D eigenvalue weighted by molar-refractivity contribution is -0.154. The summed E-state index contributed by atoms with van der Waals surface area (Å²) >= 11 is 1.57. The molecule has 1 atom stereocenters. The molecule has 0 radical (unpaired) electrons. The van der Waals surface area contributed by atoms with Crippen molar-refractivity contribution in [3.8, 4) is 0 Å². The Labute approximate surface area is 129 Å². The van der Waals surface area contributed by atoms with Crippen molar-refractivity contribution in [2.45, 2.75) is 25.8 Å². The average Bonchev–Trinajstić information content (AvgIpc) is 2.93. The topological polar surface area (TPSA) is 74.7 Å². The normalized spacial score (nSPS) is 23.1. The van der Waals surface area contributed by atoms with Gasteiger partial charge in [-0.1, -0.05) is 0 Å². The predicted octanol–water partition coefficient (Wildman–Crippen LogP) is 1.89. The highest BCUT2D eigenvalue weighted by Crippen LogP contribution is 2.34. The molecule has 1 aromatic rings. The first kappa shape index (κ1) is 16.2.